The van der Waals surface area contributed by atoms with E-state index in [1.54, 1.807) is 18.2 Å². The summed E-state index contributed by atoms with van der Waals surface area (Å²) < 4.78 is 14.0. The van der Waals surface area contributed by atoms with Crippen molar-refractivity contribution in [1.82, 2.24) is 9.80 Å². The van der Waals surface area contributed by atoms with E-state index in [0.717, 1.165) is 17.5 Å². The molecule has 1 N–H and O–H groups in total. The van der Waals surface area contributed by atoms with Gasteiger partial charge in [-0.1, -0.05) is 49.4 Å². The van der Waals surface area contributed by atoms with Gasteiger partial charge < -0.3 is 10.0 Å². The first kappa shape index (κ1) is 21.0. The van der Waals surface area contributed by atoms with E-state index in [4.69, 9.17) is 5.11 Å². The lowest BCUT2D eigenvalue weighted by Crippen LogP contribution is -2.38. The summed E-state index contributed by atoms with van der Waals surface area (Å²) in [6.07, 6.45) is 1.40. The number of carboxylic acids is 1. The molecule has 2 aromatic carbocycles. The Kier molecular flexibility index (Phi) is 6.99. The Morgan fingerprint density at radius 2 is 1.86 bits per heavy atom. The second-order valence-corrected chi connectivity index (χ2v) is 7.53. The molecule has 1 aliphatic heterocycles. The summed E-state index contributed by atoms with van der Waals surface area (Å²) in [5, 5.41) is 9.16. The Morgan fingerprint density at radius 1 is 1.14 bits per heavy atom. The first-order chi connectivity index (χ1) is 14.0. The first-order valence-corrected chi connectivity index (χ1v) is 10.0. The van der Waals surface area contributed by atoms with Crippen LogP contribution in [0.2, 0.25) is 0 Å². The fourth-order valence-corrected chi connectivity index (χ4v) is 3.89. The molecule has 29 heavy (non-hydrogen) atoms. The van der Waals surface area contributed by atoms with Crippen molar-refractivity contribution in [2.24, 2.45) is 5.92 Å². The molecule has 1 saturated heterocycles. The Balaban J connectivity index is 1.77. The van der Waals surface area contributed by atoms with Crippen LogP contribution in [0.15, 0.2) is 48.5 Å². The fraction of sp³-hybridized carbons (Fsp3) is 0.391. The number of carbonyl (C=O) groups is 2. The minimum atomic E-state index is -0.880. The van der Waals surface area contributed by atoms with Crippen LogP contribution in [0.25, 0.3) is 11.1 Å². The van der Waals surface area contributed by atoms with Crippen molar-refractivity contribution in [3.63, 3.8) is 0 Å². The van der Waals surface area contributed by atoms with Crippen LogP contribution in [-0.4, -0.2) is 59.5 Å². The average molecular weight is 398 g/mol. The van der Waals surface area contributed by atoms with Gasteiger partial charge in [0.2, 0.25) is 5.91 Å². The molecule has 3 rings (SSSR count). The molecule has 0 bridgehead atoms. The zero-order valence-electron chi connectivity index (χ0n) is 16.7. The highest BCUT2D eigenvalue weighted by Crippen LogP contribution is 2.24. The Morgan fingerprint density at radius 3 is 2.52 bits per heavy atom. The van der Waals surface area contributed by atoms with Gasteiger partial charge in [-0.3, -0.25) is 14.5 Å². The third kappa shape index (κ3) is 5.41. The highest BCUT2D eigenvalue weighted by Gasteiger charge is 2.30. The van der Waals surface area contributed by atoms with Crippen molar-refractivity contribution in [3.05, 3.63) is 59.9 Å². The molecule has 0 radical (unpaired) electrons. The van der Waals surface area contributed by atoms with Crippen LogP contribution in [0, 0.1) is 11.7 Å². The number of halogens is 1. The number of amides is 1. The van der Waals surface area contributed by atoms with E-state index in [-0.39, 0.29) is 24.2 Å². The molecule has 0 aromatic heterocycles. The van der Waals surface area contributed by atoms with E-state index in [0.29, 0.717) is 38.2 Å². The topological polar surface area (TPSA) is 60.9 Å². The van der Waals surface area contributed by atoms with E-state index in [1.165, 1.54) is 6.07 Å². The quantitative estimate of drug-likeness (QED) is 0.778. The summed E-state index contributed by atoms with van der Waals surface area (Å²) >= 11 is 0. The van der Waals surface area contributed by atoms with E-state index in [1.807, 2.05) is 41.0 Å². The number of hydrogen-bond donors (Lipinski definition) is 1. The second kappa shape index (κ2) is 9.65. The Bertz CT molecular complexity index is 853. The van der Waals surface area contributed by atoms with Crippen molar-refractivity contribution in [1.29, 1.82) is 0 Å². The zero-order chi connectivity index (χ0) is 20.8. The minimum absolute atomic E-state index is 0.0596. The van der Waals surface area contributed by atoms with Gasteiger partial charge in [-0.2, -0.15) is 0 Å². The fourth-order valence-electron chi connectivity index (χ4n) is 3.89. The van der Waals surface area contributed by atoms with Gasteiger partial charge in [0, 0.05) is 31.7 Å². The van der Waals surface area contributed by atoms with Crippen LogP contribution in [0.5, 0.6) is 0 Å². The first-order valence-electron chi connectivity index (χ1n) is 10.0. The van der Waals surface area contributed by atoms with Crippen LogP contribution >= 0.6 is 0 Å². The van der Waals surface area contributed by atoms with E-state index >= 15 is 0 Å². The number of hydrogen-bond acceptors (Lipinski definition) is 3. The summed E-state index contributed by atoms with van der Waals surface area (Å²) in [5.74, 6) is -1.35. The highest BCUT2D eigenvalue weighted by atomic mass is 19.1. The number of carboxylic acid groups (broad SMARTS) is 1. The van der Waals surface area contributed by atoms with Gasteiger partial charge in [-0.05, 0) is 30.0 Å². The normalized spacial score (nSPS) is 17.9. The Hall–Kier alpha value is -2.73. The van der Waals surface area contributed by atoms with Gasteiger partial charge in [0.25, 0.3) is 0 Å². The number of benzene rings is 2. The van der Waals surface area contributed by atoms with Crippen molar-refractivity contribution >= 4 is 11.9 Å². The van der Waals surface area contributed by atoms with Gasteiger partial charge in [0.1, 0.15) is 5.82 Å². The molecule has 0 aliphatic carbocycles. The molecular weight excluding hydrogens is 371 g/mol. The van der Waals surface area contributed by atoms with Crippen molar-refractivity contribution in [2.45, 2.75) is 19.8 Å². The lowest BCUT2D eigenvalue weighted by atomic mass is 9.95. The van der Waals surface area contributed by atoms with Gasteiger partial charge in [0.15, 0.2) is 0 Å². The van der Waals surface area contributed by atoms with Crippen LogP contribution in [0.4, 0.5) is 4.39 Å². The predicted octanol–water partition coefficient (Wildman–Crippen LogP) is 3.29. The maximum Gasteiger partial charge on any atom is 0.317 e. The van der Waals surface area contributed by atoms with Crippen LogP contribution in [0.1, 0.15) is 18.9 Å². The number of aliphatic carboxylic acids is 1. The summed E-state index contributed by atoms with van der Waals surface area (Å²) in [6.45, 7) is 4.21. The molecule has 2 aromatic rings. The van der Waals surface area contributed by atoms with E-state index in [9.17, 15) is 14.0 Å². The number of rotatable bonds is 7. The molecule has 1 heterocycles. The standard InChI is InChI=1S/C23H27FN2O3/c1-2-11-26-13-12-25(16-22(27)28)15-19(23(26)29)14-17-7-9-18(10-8-17)20-5-3-4-6-21(20)24/h3-10,19H,2,11-16H2,1H3,(H,27,28)/t19-/m1/s1. The lowest BCUT2D eigenvalue weighted by molar-refractivity contribution is -0.139. The molecule has 1 atom stereocenters. The molecule has 0 spiro atoms. The SMILES string of the molecule is CCCN1CCN(CC(=O)O)C[C@@H](Cc2ccc(-c3ccccc3F)cc2)C1=O. The molecule has 1 fully saturated rings. The lowest BCUT2D eigenvalue weighted by Gasteiger charge is -2.23. The van der Waals surface area contributed by atoms with Crippen LogP contribution < -0.4 is 0 Å². The second-order valence-electron chi connectivity index (χ2n) is 7.53. The third-order valence-electron chi connectivity index (χ3n) is 5.30. The van der Waals surface area contributed by atoms with Gasteiger partial charge >= 0.3 is 5.97 Å². The maximum absolute atomic E-state index is 14.0. The van der Waals surface area contributed by atoms with Crippen LogP contribution in [0.3, 0.4) is 0 Å². The van der Waals surface area contributed by atoms with Gasteiger partial charge in [0.05, 0.1) is 12.5 Å². The van der Waals surface area contributed by atoms with Gasteiger partial charge in [-0.25, -0.2) is 4.39 Å². The monoisotopic (exact) mass is 398 g/mol. The molecule has 0 saturated carbocycles. The van der Waals surface area contributed by atoms with E-state index in [2.05, 4.69) is 0 Å². The third-order valence-corrected chi connectivity index (χ3v) is 5.30. The summed E-state index contributed by atoms with van der Waals surface area (Å²) in [5.41, 5.74) is 2.32. The predicted molar refractivity (Wildman–Crippen MR) is 110 cm³/mol. The highest BCUT2D eigenvalue weighted by molar-refractivity contribution is 5.80. The van der Waals surface area contributed by atoms with Crippen molar-refractivity contribution in [2.75, 3.05) is 32.7 Å². The number of nitrogens with zero attached hydrogens (tertiary/aromatic N) is 2. The molecule has 154 valence electrons. The Labute approximate surface area is 170 Å². The van der Waals surface area contributed by atoms with Gasteiger partial charge in [-0.15, -0.1) is 0 Å². The molecule has 1 amide bonds. The molecule has 1 aliphatic rings. The average Bonchev–Trinajstić information content (AvgIpc) is 2.83. The summed E-state index contributed by atoms with van der Waals surface area (Å²) in [6, 6.07) is 14.2. The van der Waals surface area contributed by atoms with Crippen LogP contribution in [-0.2, 0) is 16.0 Å². The zero-order valence-corrected chi connectivity index (χ0v) is 16.7. The molecule has 5 nitrogen and oxygen atoms in total. The molecular formula is C23H27FN2O3. The minimum Gasteiger partial charge on any atom is -0.480 e. The van der Waals surface area contributed by atoms with E-state index < -0.39 is 5.97 Å². The van der Waals surface area contributed by atoms with Crippen molar-refractivity contribution in [3.8, 4) is 11.1 Å². The molecule has 6 heteroatoms. The summed E-state index contributed by atoms with van der Waals surface area (Å²) in [7, 11) is 0. The van der Waals surface area contributed by atoms with Crippen molar-refractivity contribution < 1.29 is 19.1 Å². The smallest absolute Gasteiger partial charge is 0.317 e. The molecule has 0 unspecified atom stereocenters. The summed E-state index contributed by atoms with van der Waals surface area (Å²) in [4.78, 5) is 27.9. The largest absolute Gasteiger partial charge is 0.480 e. The maximum atomic E-state index is 14.0. The number of carbonyl (C=O) groups excluding carboxylic acids is 1.